The maximum Gasteiger partial charge on any atom is 0.0294 e. The zero-order chi connectivity index (χ0) is 13.1. The van der Waals surface area contributed by atoms with Crippen molar-refractivity contribution in [2.45, 2.75) is 53.0 Å². The molecule has 0 aromatic heterocycles. The molecule has 2 rings (SSSR count). The lowest BCUT2D eigenvalue weighted by Crippen LogP contribution is -2.27. The van der Waals surface area contributed by atoms with Crippen molar-refractivity contribution in [3.63, 3.8) is 0 Å². The van der Waals surface area contributed by atoms with Crippen molar-refractivity contribution < 1.29 is 0 Å². The molecule has 18 heavy (non-hydrogen) atoms. The largest absolute Gasteiger partial charge is 0.310 e. The molecule has 0 saturated heterocycles. The first-order chi connectivity index (χ1) is 8.58. The Kier molecular flexibility index (Phi) is 4.45. The third-order valence-corrected chi connectivity index (χ3v) is 4.63. The van der Waals surface area contributed by atoms with Crippen molar-refractivity contribution in [1.29, 1.82) is 0 Å². The van der Waals surface area contributed by atoms with E-state index >= 15 is 0 Å². The topological polar surface area (TPSA) is 12.0 Å². The molecule has 1 saturated carbocycles. The summed E-state index contributed by atoms with van der Waals surface area (Å²) in [5.41, 5.74) is 4.22. The number of rotatable bonds is 4. The molecule has 1 aliphatic carbocycles. The van der Waals surface area contributed by atoms with Crippen LogP contribution in [0.15, 0.2) is 18.2 Å². The van der Waals surface area contributed by atoms with Gasteiger partial charge in [0, 0.05) is 6.04 Å². The second-order valence-electron chi connectivity index (χ2n) is 6.16. The molecule has 1 aromatic carbocycles. The summed E-state index contributed by atoms with van der Waals surface area (Å²) in [4.78, 5) is 0. The van der Waals surface area contributed by atoms with Gasteiger partial charge in [0.05, 0.1) is 0 Å². The van der Waals surface area contributed by atoms with Gasteiger partial charge in [-0.3, -0.25) is 0 Å². The van der Waals surface area contributed by atoms with Gasteiger partial charge in [-0.1, -0.05) is 43.5 Å². The van der Waals surface area contributed by atoms with Crippen LogP contribution in [0.1, 0.15) is 55.8 Å². The molecule has 0 heterocycles. The molecule has 1 nitrogen and oxygen atoms in total. The molecule has 0 amide bonds. The van der Waals surface area contributed by atoms with Crippen LogP contribution in [0.4, 0.5) is 0 Å². The van der Waals surface area contributed by atoms with Gasteiger partial charge >= 0.3 is 0 Å². The van der Waals surface area contributed by atoms with Crippen molar-refractivity contribution in [3.05, 3.63) is 34.9 Å². The monoisotopic (exact) mass is 245 g/mol. The summed E-state index contributed by atoms with van der Waals surface area (Å²) in [7, 11) is 0. The Morgan fingerprint density at radius 1 is 1.28 bits per heavy atom. The fraction of sp³-hybridized carbons (Fsp3) is 0.647. The van der Waals surface area contributed by atoms with Gasteiger partial charge < -0.3 is 5.32 Å². The predicted octanol–water partition coefficient (Wildman–Crippen LogP) is 4.39. The third kappa shape index (κ3) is 3.14. The Balaban J connectivity index is 1.94. The number of hydrogen-bond donors (Lipinski definition) is 1. The lowest BCUT2D eigenvalue weighted by Gasteiger charge is -2.22. The molecule has 0 spiro atoms. The number of hydrogen-bond acceptors (Lipinski definition) is 1. The van der Waals surface area contributed by atoms with E-state index in [0.717, 1.165) is 11.8 Å². The quantitative estimate of drug-likeness (QED) is 0.829. The lowest BCUT2D eigenvalue weighted by atomic mass is 9.96. The lowest BCUT2D eigenvalue weighted by molar-refractivity contribution is 0.374. The van der Waals surface area contributed by atoms with Gasteiger partial charge in [0.2, 0.25) is 0 Å². The number of benzene rings is 1. The van der Waals surface area contributed by atoms with Gasteiger partial charge in [0.25, 0.3) is 0 Å². The maximum atomic E-state index is 3.74. The Morgan fingerprint density at radius 3 is 2.72 bits per heavy atom. The van der Waals surface area contributed by atoms with Gasteiger partial charge in [-0.2, -0.15) is 0 Å². The zero-order valence-corrected chi connectivity index (χ0v) is 12.3. The molecule has 0 radical (unpaired) electrons. The zero-order valence-electron chi connectivity index (χ0n) is 12.3. The second-order valence-corrected chi connectivity index (χ2v) is 6.16. The molecule has 0 aliphatic heterocycles. The molecule has 3 unspecified atom stereocenters. The first kappa shape index (κ1) is 13.6. The van der Waals surface area contributed by atoms with E-state index in [0.29, 0.717) is 6.04 Å². The first-order valence-electron chi connectivity index (χ1n) is 7.38. The highest BCUT2D eigenvalue weighted by molar-refractivity contribution is 5.32. The van der Waals surface area contributed by atoms with Crippen LogP contribution in [-0.4, -0.2) is 6.54 Å². The van der Waals surface area contributed by atoms with Gasteiger partial charge in [-0.25, -0.2) is 0 Å². The Hall–Kier alpha value is -0.820. The molecule has 1 N–H and O–H groups in total. The van der Waals surface area contributed by atoms with Gasteiger partial charge in [-0.05, 0) is 56.7 Å². The molecular formula is C17H27N. The van der Waals surface area contributed by atoms with Crippen molar-refractivity contribution in [2.75, 3.05) is 6.54 Å². The summed E-state index contributed by atoms with van der Waals surface area (Å²) in [6, 6.07) is 7.23. The van der Waals surface area contributed by atoms with E-state index < -0.39 is 0 Å². The normalized spacial score (nSPS) is 25.3. The van der Waals surface area contributed by atoms with Crippen LogP contribution in [0.2, 0.25) is 0 Å². The molecule has 3 atom stereocenters. The van der Waals surface area contributed by atoms with Crippen LogP contribution in [-0.2, 0) is 0 Å². The molecule has 0 bridgehead atoms. The number of aryl methyl sites for hydroxylation is 2. The summed E-state index contributed by atoms with van der Waals surface area (Å²) in [6.45, 7) is 10.3. The summed E-state index contributed by atoms with van der Waals surface area (Å²) < 4.78 is 0. The fourth-order valence-electron chi connectivity index (χ4n) is 3.19. The van der Waals surface area contributed by atoms with E-state index in [1.165, 1.54) is 42.5 Å². The maximum absolute atomic E-state index is 3.74. The van der Waals surface area contributed by atoms with Crippen LogP contribution < -0.4 is 5.32 Å². The van der Waals surface area contributed by atoms with E-state index in [1.54, 1.807) is 0 Å². The van der Waals surface area contributed by atoms with E-state index in [2.05, 4.69) is 51.2 Å². The molecule has 1 aliphatic rings. The minimum absolute atomic E-state index is 0.470. The standard InChI is InChI=1S/C17H27N/c1-12-8-9-14(3)17(10-12)15(4)18-11-16-7-5-6-13(16)2/h8-10,13,15-16,18H,5-7,11H2,1-4H3. The van der Waals surface area contributed by atoms with Gasteiger partial charge in [0.15, 0.2) is 0 Å². The SMILES string of the molecule is Cc1ccc(C)c(C(C)NCC2CCCC2C)c1. The highest BCUT2D eigenvalue weighted by Crippen LogP contribution is 2.31. The van der Waals surface area contributed by atoms with E-state index in [-0.39, 0.29) is 0 Å². The van der Waals surface area contributed by atoms with Crippen LogP contribution in [0, 0.1) is 25.7 Å². The van der Waals surface area contributed by atoms with Crippen LogP contribution in [0.3, 0.4) is 0 Å². The first-order valence-corrected chi connectivity index (χ1v) is 7.38. The molecule has 1 fully saturated rings. The van der Waals surface area contributed by atoms with Gasteiger partial charge in [0.1, 0.15) is 0 Å². The molecule has 1 heteroatoms. The Labute approximate surface area is 112 Å². The van der Waals surface area contributed by atoms with Crippen LogP contribution in [0.25, 0.3) is 0 Å². The van der Waals surface area contributed by atoms with Crippen molar-refractivity contribution in [1.82, 2.24) is 5.32 Å². The van der Waals surface area contributed by atoms with E-state index in [9.17, 15) is 0 Å². The minimum Gasteiger partial charge on any atom is -0.310 e. The molecule has 100 valence electrons. The summed E-state index contributed by atoms with van der Waals surface area (Å²) in [5, 5.41) is 3.74. The summed E-state index contributed by atoms with van der Waals surface area (Å²) >= 11 is 0. The highest BCUT2D eigenvalue weighted by atomic mass is 14.9. The van der Waals surface area contributed by atoms with Crippen LogP contribution >= 0.6 is 0 Å². The van der Waals surface area contributed by atoms with Crippen molar-refractivity contribution in [2.24, 2.45) is 11.8 Å². The average Bonchev–Trinajstić information content (AvgIpc) is 2.75. The van der Waals surface area contributed by atoms with E-state index in [1.807, 2.05) is 0 Å². The average molecular weight is 245 g/mol. The third-order valence-electron chi connectivity index (χ3n) is 4.63. The second kappa shape index (κ2) is 5.88. The smallest absolute Gasteiger partial charge is 0.0294 e. The van der Waals surface area contributed by atoms with Crippen molar-refractivity contribution in [3.8, 4) is 0 Å². The Bertz CT molecular complexity index is 397. The molecule has 1 aromatic rings. The van der Waals surface area contributed by atoms with Crippen LogP contribution in [0.5, 0.6) is 0 Å². The Morgan fingerprint density at radius 2 is 2.06 bits per heavy atom. The number of nitrogens with one attached hydrogen (secondary N) is 1. The minimum atomic E-state index is 0.470. The summed E-state index contributed by atoms with van der Waals surface area (Å²) in [5.74, 6) is 1.79. The molecular weight excluding hydrogens is 218 g/mol. The summed E-state index contributed by atoms with van der Waals surface area (Å²) in [6.07, 6.45) is 4.25. The highest BCUT2D eigenvalue weighted by Gasteiger charge is 2.23. The van der Waals surface area contributed by atoms with Crippen molar-refractivity contribution >= 4 is 0 Å². The van der Waals surface area contributed by atoms with E-state index in [4.69, 9.17) is 0 Å². The fourth-order valence-corrected chi connectivity index (χ4v) is 3.19. The van der Waals surface area contributed by atoms with Gasteiger partial charge in [-0.15, -0.1) is 0 Å². The predicted molar refractivity (Wildman–Crippen MR) is 78.8 cm³/mol.